The average Bonchev–Trinajstić information content (AvgIpc) is 2.83. The van der Waals surface area contributed by atoms with E-state index in [2.05, 4.69) is 15.9 Å². The van der Waals surface area contributed by atoms with Crippen LogP contribution in [0, 0.1) is 11.3 Å². The van der Waals surface area contributed by atoms with E-state index in [1.54, 1.807) is 6.07 Å². The fourth-order valence-corrected chi connectivity index (χ4v) is 3.12. The van der Waals surface area contributed by atoms with Gasteiger partial charge in [0.25, 0.3) is 0 Å². The lowest BCUT2D eigenvalue weighted by atomic mass is 10.1. The minimum atomic E-state index is -4.84. The van der Waals surface area contributed by atoms with Crippen molar-refractivity contribution >= 4 is 27.5 Å². The number of alkyl halides is 7. The smallest absolute Gasteiger partial charge is 0.345 e. The SMILES string of the molecule is N#Cc1c(Br)c(C(F)(F)F)n(COCCl)c1-c1ccc(C(F)(F)F)cc1. The molecule has 11 heteroatoms. The Morgan fingerprint density at radius 2 is 1.65 bits per heavy atom. The molecule has 0 fully saturated rings. The predicted octanol–water partition coefficient (Wildman–Crippen LogP) is 6.00. The first-order valence-electron chi connectivity index (χ1n) is 6.73. The molecule has 1 heterocycles. The van der Waals surface area contributed by atoms with Crippen LogP contribution in [0.4, 0.5) is 26.3 Å². The van der Waals surface area contributed by atoms with E-state index in [9.17, 15) is 31.6 Å². The molecule has 0 amide bonds. The molecule has 0 atom stereocenters. The van der Waals surface area contributed by atoms with Crippen LogP contribution in [-0.4, -0.2) is 10.6 Å². The van der Waals surface area contributed by atoms with Gasteiger partial charge >= 0.3 is 12.4 Å². The third kappa shape index (κ3) is 4.00. The van der Waals surface area contributed by atoms with Gasteiger partial charge in [-0.25, -0.2) is 0 Å². The number of halogens is 8. The minimum absolute atomic E-state index is 0.0103. The van der Waals surface area contributed by atoms with Crippen molar-refractivity contribution in [2.24, 2.45) is 0 Å². The molecule has 2 aromatic rings. The monoisotopic (exact) mass is 460 g/mol. The lowest BCUT2D eigenvalue weighted by molar-refractivity contribution is -0.146. The summed E-state index contributed by atoms with van der Waals surface area (Å²) in [5.41, 5.74) is -2.79. The molecule has 0 aliphatic heterocycles. The van der Waals surface area contributed by atoms with Crippen molar-refractivity contribution in [1.82, 2.24) is 4.57 Å². The second-order valence-electron chi connectivity index (χ2n) is 4.94. The molecule has 0 aliphatic carbocycles. The molecule has 0 aliphatic rings. The Hall–Kier alpha value is -1.70. The van der Waals surface area contributed by atoms with Crippen LogP contribution < -0.4 is 0 Å². The number of rotatable bonds is 4. The van der Waals surface area contributed by atoms with Crippen molar-refractivity contribution in [2.75, 3.05) is 6.07 Å². The lowest BCUT2D eigenvalue weighted by Crippen LogP contribution is -2.16. The van der Waals surface area contributed by atoms with Gasteiger partial charge in [0.05, 0.1) is 21.3 Å². The number of aromatic nitrogens is 1. The summed E-state index contributed by atoms with van der Waals surface area (Å²) in [6, 6.07) is 4.64. The van der Waals surface area contributed by atoms with E-state index in [0.29, 0.717) is 4.57 Å². The highest BCUT2D eigenvalue weighted by molar-refractivity contribution is 9.10. The molecule has 0 radical (unpaired) electrons. The first-order chi connectivity index (χ1) is 12.0. The molecule has 0 unspecified atom stereocenters. The Bertz CT molecular complexity index is 836. The Balaban J connectivity index is 2.72. The fourth-order valence-electron chi connectivity index (χ4n) is 2.34. The van der Waals surface area contributed by atoms with Crippen LogP contribution in [-0.2, 0) is 23.8 Å². The maximum Gasteiger partial charge on any atom is 0.432 e. The van der Waals surface area contributed by atoms with Crippen molar-refractivity contribution in [1.29, 1.82) is 5.26 Å². The summed E-state index contributed by atoms with van der Waals surface area (Å²) in [6.07, 6.45) is -9.44. The number of nitriles is 1. The van der Waals surface area contributed by atoms with E-state index < -0.39 is 40.9 Å². The standard InChI is InChI=1S/C15H8BrClF6N2O/c16-11-10(5-24)12(8-1-3-9(4-2-8)14(18,19)20)25(7-26-6-17)13(11)15(21,22)23/h1-4H,6-7H2. The largest absolute Gasteiger partial charge is 0.432 e. The van der Waals surface area contributed by atoms with Gasteiger partial charge in [0.1, 0.15) is 24.6 Å². The first-order valence-corrected chi connectivity index (χ1v) is 8.05. The van der Waals surface area contributed by atoms with Crippen LogP contribution in [0.25, 0.3) is 11.3 Å². The van der Waals surface area contributed by atoms with Gasteiger partial charge in [-0.15, -0.1) is 0 Å². The number of benzene rings is 1. The van der Waals surface area contributed by atoms with Crippen LogP contribution in [0.2, 0.25) is 0 Å². The van der Waals surface area contributed by atoms with Crippen molar-refractivity contribution < 1.29 is 31.1 Å². The number of nitrogens with zero attached hydrogens (tertiary/aromatic N) is 2. The molecule has 0 saturated carbocycles. The molecule has 3 nitrogen and oxygen atoms in total. The Kier molecular flexibility index (Phi) is 5.95. The highest BCUT2D eigenvalue weighted by Gasteiger charge is 2.41. The summed E-state index contributed by atoms with van der Waals surface area (Å²) in [4.78, 5) is 0. The van der Waals surface area contributed by atoms with Crippen LogP contribution in [0.15, 0.2) is 28.7 Å². The van der Waals surface area contributed by atoms with E-state index in [4.69, 9.17) is 16.3 Å². The summed E-state index contributed by atoms with van der Waals surface area (Å²) in [5, 5.41) is 9.27. The molecule has 1 aromatic carbocycles. The summed E-state index contributed by atoms with van der Waals surface area (Å²) in [6.45, 7) is -0.644. The van der Waals surface area contributed by atoms with E-state index in [-0.39, 0.29) is 16.8 Å². The zero-order valence-corrected chi connectivity index (χ0v) is 14.9. The second kappa shape index (κ2) is 7.50. The van der Waals surface area contributed by atoms with Gasteiger partial charge in [-0.2, -0.15) is 31.6 Å². The van der Waals surface area contributed by atoms with E-state index in [1.165, 1.54) is 0 Å². The van der Waals surface area contributed by atoms with Crippen LogP contribution in [0.1, 0.15) is 16.8 Å². The molecule has 0 spiro atoms. The van der Waals surface area contributed by atoms with Crippen molar-refractivity contribution in [3.05, 3.63) is 45.6 Å². The van der Waals surface area contributed by atoms with Crippen molar-refractivity contribution in [2.45, 2.75) is 19.1 Å². The predicted molar refractivity (Wildman–Crippen MR) is 84.1 cm³/mol. The van der Waals surface area contributed by atoms with Gasteiger partial charge < -0.3 is 9.30 Å². The van der Waals surface area contributed by atoms with E-state index >= 15 is 0 Å². The number of hydrogen-bond donors (Lipinski definition) is 0. The normalized spacial score (nSPS) is 12.3. The highest BCUT2D eigenvalue weighted by Crippen LogP contribution is 2.43. The molecule has 0 N–H and O–H groups in total. The van der Waals surface area contributed by atoms with Gasteiger partial charge in [-0.3, -0.25) is 0 Å². The summed E-state index contributed by atoms with van der Waals surface area (Å²) < 4.78 is 83.2. The molecule has 2 rings (SSSR count). The Morgan fingerprint density at radius 3 is 2.08 bits per heavy atom. The zero-order valence-electron chi connectivity index (χ0n) is 12.6. The van der Waals surface area contributed by atoms with E-state index in [1.807, 2.05) is 0 Å². The molecule has 140 valence electrons. The molecule has 0 bridgehead atoms. The summed E-state index contributed by atoms with van der Waals surface area (Å²) >= 11 is 8.10. The molecule has 0 saturated heterocycles. The quantitative estimate of drug-likeness (QED) is 0.414. The average molecular weight is 462 g/mol. The van der Waals surface area contributed by atoms with Crippen LogP contribution in [0.5, 0.6) is 0 Å². The summed E-state index contributed by atoms with van der Waals surface area (Å²) in [7, 11) is 0. The van der Waals surface area contributed by atoms with Crippen molar-refractivity contribution in [3.8, 4) is 17.3 Å². The maximum atomic E-state index is 13.4. The first kappa shape index (κ1) is 20.6. The van der Waals surface area contributed by atoms with Crippen LogP contribution in [0.3, 0.4) is 0 Å². The molecular weight excluding hydrogens is 454 g/mol. The zero-order chi connectivity index (χ0) is 19.7. The highest BCUT2D eigenvalue weighted by atomic mass is 79.9. The third-order valence-electron chi connectivity index (χ3n) is 3.37. The van der Waals surface area contributed by atoms with Gasteiger partial charge in [0.15, 0.2) is 0 Å². The Morgan fingerprint density at radius 1 is 1.08 bits per heavy atom. The minimum Gasteiger partial charge on any atom is -0.345 e. The molecule has 26 heavy (non-hydrogen) atoms. The van der Waals surface area contributed by atoms with Gasteiger partial charge in [-0.1, -0.05) is 23.7 Å². The van der Waals surface area contributed by atoms with Crippen molar-refractivity contribution in [3.63, 3.8) is 0 Å². The molecular formula is C15H8BrClF6N2O. The van der Waals surface area contributed by atoms with Gasteiger partial charge in [0, 0.05) is 0 Å². The summed E-state index contributed by atoms with van der Waals surface area (Å²) in [5.74, 6) is 0. The van der Waals surface area contributed by atoms with Gasteiger partial charge in [-0.05, 0) is 33.6 Å². The fraction of sp³-hybridized carbons (Fsp3) is 0.267. The number of hydrogen-bond acceptors (Lipinski definition) is 2. The maximum absolute atomic E-state index is 13.4. The topological polar surface area (TPSA) is 38.0 Å². The Labute approximate surface area is 156 Å². The van der Waals surface area contributed by atoms with Crippen LogP contribution >= 0.6 is 27.5 Å². The number of ether oxygens (including phenoxy) is 1. The third-order valence-corrected chi connectivity index (χ3v) is 4.29. The van der Waals surface area contributed by atoms with E-state index in [0.717, 1.165) is 24.3 Å². The van der Waals surface area contributed by atoms with Gasteiger partial charge in [0.2, 0.25) is 0 Å². The second-order valence-corrected chi connectivity index (χ2v) is 5.95. The lowest BCUT2D eigenvalue weighted by Gasteiger charge is -2.15. The molecule has 1 aromatic heterocycles.